The Bertz CT molecular complexity index is 1460. The van der Waals surface area contributed by atoms with Crippen LogP contribution in [0.25, 0.3) is 11.3 Å². The quantitative estimate of drug-likeness (QED) is 0.168. The first-order valence-electron chi connectivity index (χ1n) is 16.3. The van der Waals surface area contributed by atoms with Gasteiger partial charge < -0.3 is 14.4 Å². The minimum absolute atomic E-state index is 0.0538. The summed E-state index contributed by atoms with van der Waals surface area (Å²) in [5.74, 6) is 1.40. The highest BCUT2D eigenvalue weighted by molar-refractivity contribution is 7.12. The highest BCUT2D eigenvalue weighted by atomic mass is 35.5. The number of ether oxygens (including phenoxy) is 2. The van der Waals surface area contributed by atoms with Crippen LogP contribution in [-0.2, 0) is 44.0 Å². The number of thiazole rings is 1. The Hall–Kier alpha value is -2.91. The first-order valence-corrected chi connectivity index (χ1v) is 17.7. The van der Waals surface area contributed by atoms with Crippen LogP contribution in [-0.4, -0.2) is 58.8 Å². The number of carbonyl (C=O) groups excluding carboxylic acids is 2. The predicted molar refractivity (Wildman–Crippen MR) is 188 cm³/mol. The molecule has 8 nitrogen and oxygen atoms in total. The number of nitrogens with zero attached hydrogens (tertiary/aromatic N) is 4. The molecule has 4 rings (SSSR count). The topological polar surface area (TPSA) is 86.6 Å². The Morgan fingerprint density at radius 1 is 1.00 bits per heavy atom. The fourth-order valence-electron chi connectivity index (χ4n) is 5.76. The van der Waals surface area contributed by atoms with E-state index in [0.717, 1.165) is 62.2 Å². The molecule has 0 atom stereocenters. The number of likely N-dealkylation sites (tertiary alicyclic amines) is 1. The third-order valence-electron chi connectivity index (χ3n) is 8.34. The first kappa shape index (κ1) is 37.5. The summed E-state index contributed by atoms with van der Waals surface area (Å²) in [6.07, 6.45) is 2.47. The molecule has 0 aliphatic carbocycles. The molecular weight excluding hydrogens is 620 g/mol. The van der Waals surface area contributed by atoms with Crippen LogP contribution >= 0.6 is 22.9 Å². The highest BCUT2D eigenvalue weighted by Crippen LogP contribution is 2.44. The van der Waals surface area contributed by atoms with Crippen molar-refractivity contribution in [2.75, 3.05) is 27.3 Å². The van der Waals surface area contributed by atoms with Gasteiger partial charge in [0, 0.05) is 52.7 Å². The molecule has 1 aliphatic rings. The molecule has 0 spiro atoms. The van der Waals surface area contributed by atoms with Crippen molar-refractivity contribution in [3.8, 4) is 17.0 Å². The number of piperidine rings is 1. The number of amides is 1. The van der Waals surface area contributed by atoms with E-state index in [1.165, 1.54) is 7.11 Å². The van der Waals surface area contributed by atoms with E-state index in [-0.39, 0.29) is 41.6 Å². The van der Waals surface area contributed by atoms with Crippen molar-refractivity contribution >= 4 is 34.8 Å². The number of hydrogen-bond acceptors (Lipinski definition) is 7. The molecule has 0 bridgehead atoms. The zero-order chi connectivity index (χ0) is 34.4. The zero-order valence-electron chi connectivity index (χ0n) is 29.7. The molecule has 1 amide bonds. The van der Waals surface area contributed by atoms with E-state index in [0.29, 0.717) is 25.4 Å². The second kappa shape index (κ2) is 15.8. The third-order valence-corrected chi connectivity index (χ3v) is 9.99. The third kappa shape index (κ3) is 8.91. The molecular formula is C36H53ClN4O4S. The smallest absolute Gasteiger partial charge is 0.305 e. The van der Waals surface area contributed by atoms with Crippen molar-refractivity contribution in [3.05, 3.63) is 50.6 Å². The van der Waals surface area contributed by atoms with Gasteiger partial charge in [-0.25, -0.2) is 4.98 Å². The van der Waals surface area contributed by atoms with Gasteiger partial charge in [0.05, 0.1) is 42.9 Å². The van der Waals surface area contributed by atoms with E-state index in [9.17, 15) is 9.59 Å². The second-order valence-corrected chi connectivity index (χ2v) is 15.1. The monoisotopic (exact) mass is 672 g/mol. The Morgan fingerprint density at radius 2 is 1.59 bits per heavy atom. The Balaban J connectivity index is 0.00000282. The van der Waals surface area contributed by atoms with Gasteiger partial charge in [0.2, 0.25) is 5.91 Å². The molecule has 1 saturated heterocycles. The summed E-state index contributed by atoms with van der Waals surface area (Å²) in [5.41, 5.74) is 5.82. The predicted octanol–water partition coefficient (Wildman–Crippen LogP) is 8.20. The fourth-order valence-corrected chi connectivity index (χ4v) is 7.15. The minimum atomic E-state index is -0.269. The van der Waals surface area contributed by atoms with Gasteiger partial charge in [0.15, 0.2) is 0 Å². The van der Waals surface area contributed by atoms with Crippen LogP contribution in [0, 0.1) is 6.92 Å². The van der Waals surface area contributed by atoms with Gasteiger partial charge in [0.25, 0.3) is 0 Å². The summed E-state index contributed by atoms with van der Waals surface area (Å²) >= 11 is 8.21. The van der Waals surface area contributed by atoms with Crippen molar-refractivity contribution in [1.82, 2.24) is 19.7 Å². The van der Waals surface area contributed by atoms with Crippen LogP contribution in [0.5, 0.6) is 5.75 Å². The molecule has 0 saturated carbocycles. The van der Waals surface area contributed by atoms with E-state index in [2.05, 4.69) is 58.8 Å². The average Bonchev–Trinajstić information content (AvgIpc) is 3.62. The molecule has 46 heavy (non-hydrogen) atoms. The van der Waals surface area contributed by atoms with E-state index in [1.807, 2.05) is 31.7 Å². The number of alkyl halides is 1. The molecule has 0 N–H and O–H groups in total. The second-order valence-electron chi connectivity index (χ2n) is 13.7. The number of hydrogen-bond donors (Lipinski definition) is 0. The van der Waals surface area contributed by atoms with E-state index < -0.39 is 0 Å². The molecule has 2 aromatic heterocycles. The summed E-state index contributed by atoms with van der Waals surface area (Å²) in [6, 6.07) is 6.37. The minimum Gasteiger partial charge on any atom is -0.496 e. The number of aromatic nitrogens is 3. The van der Waals surface area contributed by atoms with Crippen LogP contribution in [0.3, 0.4) is 0 Å². The molecule has 1 aliphatic heterocycles. The van der Waals surface area contributed by atoms with Gasteiger partial charge in [-0.15, -0.1) is 22.9 Å². The van der Waals surface area contributed by atoms with Crippen LogP contribution in [0.2, 0.25) is 0 Å². The largest absolute Gasteiger partial charge is 0.496 e. The maximum absolute atomic E-state index is 13.2. The molecule has 1 fully saturated rings. The fraction of sp³-hybridized carbons (Fsp3) is 0.611. The van der Waals surface area contributed by atoms with Gasteiger partial charge in [-0.2, -0.15) is 5.10 Å². The van der Waals surface area contributed by atoms with E-state index in [1.54, 1.807) is 23.1 Å². The molecule has 254 valence electrons. The summed E-state index contributed by atoms with van der Waals surface area (Å²) in [6.45, 7) is 20.7. The number of carbonyl (C=O) groups is 2. The Kier molecular flexibility index (Phi) is 12.9. The molecule has 3 aromatic rings. The first-order chi connectivity index (χ1) is 21.7. The van der Waals surface area contributed by atoms with Crippen LogP contribution < -0.4 is 4.74 Å². The Morgan fingerprint density at radius 3 is 2.09 bits per heavy atom. The maximum atomic E-state index is 13.2. The molecule has 0 radical (unpaired) electrons. The standard InChI is InChI=1S/C34H47ClN4O4S.C2H6/c1-21-16-24(10-11-29(41)42-8)37-39(21)20-28(40)38-14-12-22(13-15-38)32-36-30(27(19-35)44-32)23-17-25(33(2,3)4)31(43-9)26(18-23)34(5,6)7;1-2/h16-18,22H,10-15,19-20H2,1-9H3;1-2H3. The van der Waals surface area contributed by atoms with Crippen LogP contribution in [0.4, 0.5) is 0 Å². The van der Waals surface area contributed by atoms with Gasteiger partial charge in [-0.1, -0.05) is 55.4 Å². The number of halogens is 1. The van der Waals surface area contributed by atoms with Crippen molar-refractivity contribution in [2.24, 2.45) is 0 Å². The van der Waals surface area contributed by atoms with Crippen molar-refractivity contribution in [1.29, 1.82) is 0 Å². The number of rotatable bonds is 9. The summed E-state index contributed by atoms with van der Waals surface area (Å²) in [4.78, 5) is 32.9. The zero-order valence-corrected chi connectivity index (χ0v) is 31.2. The molecule has 0 unspecified atom stereocenters. The lowest BCUT2D eigenvalue weighted by Crippen LogP contribution is -2.40. The Labute approximate surface area is 284 Å². The van der Waals surface area contributed by atoms with Gasteiger partial charge in [-0.3, -0.25) is 14.3 Å². The lowest BCUT2D eigenvalue weighted by molar-refractivity contribution is -0.140. The molecule has 3 heterocycles. The molecule has 1 aromatic carbocycles. The maximum Gasteiger partial charge on any atom is 0.305 e. The summed E-state index contributed by atoms with van der Waals surface area (Å²) < 4.78 is 12.4. The van der Waals surface area contributed by atoms with Gasteiger partial charge in [-0.05, 0) is 48.8 Å². The van der Waals surface area contributed by atoms with E-state index in [4.69, 9.17) is 26.1 Å². The number of benzene rings is 1. The van der Waals surface area contributed by atoms with Gasteiger partial charge in [0.1, 0.15) is 12.3 Å². The normalized spacial score (nSPS) is 14.1. The van der Waals surface area contributed by atoms with Crippen LogP contribution in [0.1, 0.15) is 113 Å². The van der Waals surface area contributed by atoms with E-state index >= 15 is 0 Å². The highest BCUT2D eigenvalue weighted by Gasteiger charge is 2.31. The van der Waals surface area contributed by atoms with Crippen LogP contribution in [0.15, 0.2) is 18.2 Å². The summed E-state index contributed by atoms with van der Waals surface area (Å²) in [5, 5.41) is 5.64. The summed E-state index contributed by atoms with van der Waals surface area (Å²) in [7, 11) is 3.13. The van der Waals surface area contributed by atoms with Crippen molar-refractivity contribution in [3.63, 3.8) is 0 Å². The number of aryl methyl sites for hydroxylation is 2. The SMILES string of the molecule is CC.COC(=O)CCc1cc(C)n(CC(=O)N2CCC(c3nc(-c4cc(C(C)(C)C)c(OC)c(C(C)(C)C)c4)c(CCl)s3)CC2)n1. The van der Waals surface area contributed by atoms with Gasteiger partial charge >= 0.3 is 5.97 Å². The van der Waals surface area contributed by atoms with Crippen molar-refractivity contribution < 1.29 is 19.1 Å². The average molecular weight is 673 g/mol. The molecule has 10 heteroatoms. The van der Waals surface area contributed by atoms with Crippen molar-refractivity contribution in [2.45, 2.75) is 117 Å². The lowest BCUT2D eigenvalue weighted by Gasteiger charge is -2.31. The lowest BCUT2D eigenvalue weighted by atomic mass is 9.78. The number of methoxy groups -OCH3 is 2. The number of esters is 1.